The summed E-state index contributed by atoms with van der Waals surface area (Å²) in [6, 6.07) is 46.0. The number of hydrogen-bond donors (Lipinski definition) is 1. The molecular weight excluding hydrogens is 848 g/mol. The number of hydrogen-bond acceptors (Lipinski definition) is 4. The van der Waals surface area contributed by atoms with Gasteiger partial charge in [0.25, 0.3) is 6.71 Å². The Morgan fingerprint density at radius 2 is 1.11 bits per heavy atom. The van der Waals surface area contributed by atoms with Gasteiger partial charge in [-0.1, -0.05) is 150 Å². The molecule has 70 heavy (non-hydrogen) atoms. The average Bonchev–Trinajstić information content (AvgIpc) is 3.53. The number of nitrogens with zero attached hydrogens (tertiary/aromatic N) is 3. The van der Waals surface area contributed by atoms with E-state index in [0.29, 0.717) is 0 Å². The first-order valence-electron chi connectivity index (χ1n) is 26.4. The summed E-state index contributed by atoms with van der Waals surface area (Å²) in [6.07, 6.45) is 12.9. The summed E-state index contributed by atoms with van der Waals surface area (Å²) in [5.74, 6) is 0. The first-order chi connectivity index (χ1) is 33.1. The van der Waals surface area contributed by atoms with Gasteiger partial charge in [-0.05, 0) is 189 Å². The topological polar surface area (TPSA) is 35.7 Å². The Morgan fingerprint density at radius 3 is 1.74 bits per heavy atom. The number of para-hydroxylation sites is 1. The summed E-state index contributed by atoms with van der Waals surface area (Å²) >= 11 is 0. The molecule has 0 amide bonds. The molecule has 11 rings (SSSR count). The van der Waals surface area contributed by atoms with Crippen molar-refractivity contribution in [2.24, 2.45) is 5.73 Å². The minimum atomic E-state index is -0.168. The van der Waals surface area contributed by atoms with Crippen LogP contribution in [-0.4, -0.2) is 12.3 Å². The van der Waals surface area contributed by atoms with Gasteiger partial charge in [0.15, 0.2) is 0 Å². The first kappa shape index (κ1) is 46.4. The molecule has 3 aliphatic heterocycles. The molecule has 6 aromatic rings. The molecule has 6 aromatic carbocycles. The zero-order chi connectivity index (χ0) is 49.5. The van der Waals surface area contributed by atoms with E-state index < -0.39 is 0 Å². The van der Waals surface area contributed by atoms with Crippen LogP contribution in [-0.2, 0) is 27.1 Å². The van der Waals surface area contributed by atoms with E-state index in [2.05, 4.69) is 226 Å². The Kier molecular flexibility index (Phi) is 10.5. The molecule has 5 heteroatoms. The second-order valence-corrected chi connectivity index (χ2v) is 25.4. The Balaban J connectivity index is 1.27. The molecule has 0 saturated heterocycles. The van der Waals surface area contributed by atoms with E-state index in [4.69, 9.17) is 5.73 Å². The third kappa shape index (κ3) is 6.83. The molecule has 2 aliphatic carbocycles. The highest BCUT2D eigenvalue weighted by atomic mass is 15.3. The summed E-state index contributed by atoms with van der Waals surface area (Å²) < 4.78 is 0. The van der Waals surface area contributed by atoms with Crippen LogP contribution in [0, 0.1) is 0 Å². The van der Waals surface area contributed by atoms with Crippen LogP contribution >= 0.6 is 0 Å². The van der Waals surface area contributed by atoms with Gasteiger partial charge in [0.2, 0.25) is 0 Å². The van der Waals surface area contributed by atoms with Gasteiger partial charge < -0.3 is 20.4 Å². The van der Waals surface area contributed by atoms with Crippen LogP contribution in [0.2, 0.25) is 0 Å². The van der Waals surface area contributed by atoms with Crippen LogP contribution < -0.4 is 36.8 Å². The van der Waals surface area contributed by atoms with E-state index in [9.17, 15) is 0 Å². The van der Waals surface area contributed by atoms with Gasteiger partial charge in [0.05, 0.1) is 5.54 Å². The van der Waals surface area contributed by atoms with Crippen molar-refractivity contribution in [3.63, 3.8) is 0 Å². The van der Waals surface area contributed by atoms with E-state index in [1.165, 1.54) is 115 Å². The summed E-state index contributed by atoms with van der Waals surface area (Å²) in [7, 11) is 0. The van der Waals surface area contributed by atoms with Crippen molar-refractivity contribution < 1.29 is 0 Å². The fourth-order valence-corrected chi connectivity index (χ4v) is 13.7. The van der Waals surface area contributed by atoms with Crippen molar-refractivity contribution in [3.8, 4) is 0 Å². The number of anilines is 8. The number of benzene rings is 6. The van der Waals surface area contributed by atoms with Crippen molar-refractivity contribution in [2.45, 2.75) is 161 Å². The van der Waals surface area contributed by atoms with E-state index in [0.717, 1.165) is 24.8 Å². The van der Waals surface area contributed by atoms with Crippen molar-refractivity contribution >= 4 is 74.2 Å². The van der Waals surface area contributed by atoms with E-state index in [-0.39, 0.29) is 39.3 Å². The van der Waals surface area contributed by atoms with Crippen molar-refractivity contribution in [1.82, 2.24) is 0 Å². The Morgan fingerprint density at radius 1 is 0.543 bits per heavy atom. The van der Waals surface area contributed by atoms with Crippen LogP contribution in [0.15, 0.2) is 134 Å². The zero-order valence-corrected chi connectivity index (χ0v) is 44.4. The van der Waals surface area contributed by atoms with Crippen LogP contribution in [0.4, 0.5) is 45.5 Å². The predicted molar refractivity (Wildman–Crippen MR) is 303 cm³/mol. The van der Waals surface area contributed by atoms with Gasteiger partial charge in [-0.25, -0.2) is 0 Å². The van der Waals surface area contributed by atoms with E-state index in [1.54, 1.807) is 6.20 Å². The highest BCUT2D eigenvalue weighted by Gasteiger charge is 2.58. The normalized spacial score (nSPS) is 22.0. The number of fused-ring (bicyclic) bond motifs is 8. The minimum absolute atomic E-state index is 0.0151. The summed E-state index contributed by atoms with van der Waals surface area (Å²) in [4.78, 5) is 8.08. The van der Waals surface area contributed by atoms with Gasteiger partial charge in [-0.2, -0.15) is 0 Å². The number of rotatable bonds is 5. The third-order valence-electron chi connectivity index (χ3n) is 18.2. The molecule has 1 saturated carbocycles. The summed E-state index contributed by atoms with van der Waals surface area (Å²) in [5, 5.41) is 0. The second kappa shape index (κ2) is 15.8. The molecule has 0 radical (unpaired) electrons. The lowest BCUT2D eigenvalue weighted by Crippen LogP contribution is -2.62. The lowest BCUT2D eigenvalue weighted by Gasteiger charge is -2.51. The fraction of sp³-hybridized carbons (Fsp3) is 0.385. The molecule has 4 nitrogen and oxygen atoms in total. The number of allylic oxidation sites excluding steroid dienone is 3. The standard InChI is InChI=1S/C65H75BN4/c1-14-42(30-35-67)43-22-28-54-51(36-43)64(12)31-18-19-32-65(64,13)70(54)48-38-57-59-58(39-48)69(46-20-16-15-17-21-46)56-41-50-49(62(8,9)33-34-63(50,10)11)40-53(56)66(59)52-37-45(61(5,6)7)25-29-55(52)68(57)47-26-23-44(24-27-47)60(2,3)4/h14-17,20-30,35-41H,18-19,31-34,67H2,1-13H3/b35-30-,42-14+. The molecule has 2 N–H and O–H groups in total. The molecular formula is C65H75BN4. The SMILES string of the molecule is C/C=C(\C=C/N)c1ccc2c(c1)C1(C)CCCCC1(C)N2c1cc2c3c(c1)N(c1ccccc1)c1cc4c(cc1B3c1cc(C(C)(C)C)ccc1N2c1ccc(C(C)(C)C)cc1)C(C)(C)CCC4(C)C. The maximum atomic E-state index is 6.04. The van der Waals surface area contributed by atoms with Gasteiger partial charge in [0, 0.05) is 50.9 Å². The lowest BCUT2D eigenvalue weighted by molar-refractivity contribution is 0.195. The largest absolute Gasteiger partial charge is 0.405 e. The monoisotopic (exact) mass is 923 g/mol. The maximum absolute atomic E-state index is 6.04. The molecule has 2 unspecified atom stereocenters. The smallest absolute Gasteiger partial charge is 0.252 e. The Hall–Kier alpha value is -5.94. The average molecular weight is 923 g/mol. The van der Waals surface area contributed by atoms with E-state index >= 15 is 0 Å². The molecule has 0 bridgehead atoms. The van der Waals surface area contributed by atoms with Crippen molar-refractivity contribution in [2.75, 3.05) is 14.7 Å². The third-order valence-corrected chi connectivity index (χ3v) is 18.2. The molecule has 2 atom stereocenters. The quantitative estimate of drug-likeness (QED) is 0.138. The first-order valence-corrected chi connectivity index (χ1v) is 26.4. The van der Waals surface area contributed by atoms with Crippen LogP contribution in [0.5, 0.6) is 0 Å². The Labute approximate surface area is 420 Å². The molecule has 3 heterocycles. The van der Waals surface area contributed by atoms with E-state index in [1.807, 2.05) is 6.08 Å². The minimum Gasteiger partial charge on any atom is -0.405 e. The molecule has 0 spiro atoms. The molecule has 1 fully saturated rings. The van der Waals surface area contributed by atoms with Gasteiger partial charge in [-0.15, -0.1) is 0 Å². The highest BCUT2D eigenvalue weighted by Crippen LogP contribution is 2.62. The lowest BCUT2D eigenvalue weighted by atomic mass is 9.33. The van der Waals surface area contributed by atoms with Crippen molar-refractivity contribution in [3.05, 3.63) is 167 Å². The number of nitrogens with two attached hydrogens (primary N) is 1. The van der Waals surface area contributed by atoms with Crippen LogP contribution in [0.3, 0.4) is 0 Å². The van der Waals surface area contributed by atoms with Crippen LogP contribution in [0.25, 0.3) is 5.57 Å². The zero-order valence-electron chi connectivity index (χ0n) is 44.4. The van der Waals surface area contributed by atoms with Gasteiger partial charge >= 0.3 is 0 Å². The fourth-order valence-electron chi connectivity index (χ4n) is 13.7. The summed E-state index contributed by atoms with van der Waals surface area (Å²) in [5.41, 5.74) is 29.6. The molecule has 0 aromatic heterocycles. The molecule has 5 aliphatic rings. The second-order valence-electron chi connectivity index (χ2n) is 25.4. The Bertz CT molecular complexity index is 3140. The maximum Gasteiger partial charge on any atom is 0.252 e. The summed E-state index contributed by atoms with van der Waals surface area (Å²) in [6.45, 7) is 31.2. The van der Waals surface area contributed by atoms with Crippen molar-refractivity contribution in [1.29, 1.82) is 0 Å². The molecule has 358 valence electrons. The highest BCUT2D eigenvalue weighted by molar-refractivity contribution is 7.00. The van der Waals surface area contributed by atoms with Gasteiger partial charge in [-0.3, -0.25) is 0 Å². The van der Waals surface area contributed by atoms with Crippen LogP contribution in [0.1, 0.15) is 162 Å². The predicted octanol–water partition coefficient (Wildman–Crippen LogP) is 15.3. The van der Waals surface area contributed by atoms with Gasteiger partial charge in [0.1, 0.15) is 0 Å².